The third kappa shape index (κ3) is 31.3. The Hall–Kier alpha value is -10.2. The number of nitrogens with two attached hydrogens (primary N) is 1. The van der Waals surface area contributed by atoms with Crippen LogP contribution < -0.4 is 53.7 Å². The van der Waals surface area contributed by atoms with Crippen LogP contribution in [0.2, 0.25) is 0 Å². The average molecular weight is 1710 g/mol. The number of primary amides is 1. The molecule has 5 aromatic rings. The Morgan fingerprint density at radius 1 is 0.669 bits per heavy atom. The maximum Gasteiger partial charge on any atom is 0.410 e. The second kappa shape index (κ2) is 50.9. The molecule has 35 heteroatoms. The van der Waals surface area contributed by atoms with Gasteiger partial charge in [0.25, 0.3) is 0 Å². The molecule has 1 fully saturated rings. The molecule has 1 aliphatic rings. The predicted octanol–water partition coefficient (Wildman–Crippen LogP) is 6.41. The highest BCUT2D eigenvalue weighted by Crippen LogP contribution is 2.32. The Balaban J connectivity index is 0.963. The van der Waals surface area contributed by atoms with E-state index in [0.29, 0.717) is 56.6 Å². The third-order valence-electron chi connectivity index (χ3n) is 21.8. The number of carbonyl (C=O) groups is 12. The van der Waals surface area contributed by atoms with Crippen molar-refractivity contribution in [3.63, 3.8) is 0 Å². The number of likely N-dealkylation sites (tertiary alicyclic amines) is 1. The van der Waals surface area contributed by atoms with Crippen molar-refractivity contribution in [3.8, 4) is 0 Å². The van der Waals surface area contributed by atoms with E-state index in [9.17, 15) is 62.6 Å². The van der Waals surface area contributed by atoms with Crippen LogP contribution in [0.15, 0.2) is 96.5 Å². The summed E-state index contributed by atoms with van der Waals surface area (Å²) in [4.78, 5) is 172. The van der Waals surface area contributed by atoms with Crippen LogP contribution in [0, 0.1) is 29.6 Å². The molecule has 0 spiro atoms. The first-order chi connectivity index (χ1) is 57.7. The minimum atomic E-state index is -1.16. The summed E-state index contributed by atoms with van der Waals surface area (Å²) in [7, 11) is 9.85. The normalized spacial score (nSPS) is 15.5. The van der Waals surface area contributed by atoms with Gasteiger partial charge in [-0.15, -0.1) is 11.3 Å². The van der Waals surface area contributed by atoms with Gasteiger partial charge in [0.05, 0.1) is 75.6 Å². The van der Waals surface area contributed by atoms with Crippen molar-refractivity contribution in [1.29, 1.82) is 0 Å². The van der Waals surface area contributed by atoms with Gasteiger partial charge in [-0.25, -0.2) is 19.6 Å². The highest BCUT2D eigenvalue weighted by molar-refractivity contribution is 7.09. The van der Waals surface area contributed by atoms with Gasteiger partial charge in [-0.2, -0.15) is 0 Å². The van der Waals surface area contributed by atoms with E-state index in [-0.39, 0.29) is 115 Å². The van der Waals surface area contributed by atoms with Crippen LogP contribution in [0.5, 0.6) is 0 Å². The number of amides is 12. The quantitative estimate of drug-likeness (QED) is 0.0148. The highest BCUT2D eigenvalue weighted by Gasteiger charge is 2.44. The third-order valence-corrected chi connectivity index (χ3v) is 22.7. The average Bonchev–Trinajstić information content (AvgIpc) is 1.59. The predicted molar refractivity (Wildman–Crippen MR) is 458 cm³/mol. The zero-order chi connectivity index (χ0) is 89.0. The molecular weight excluding hydrogens is 1580 g/mol. The molecule has 0 unspecified atom stereocenters. The number of hydrogen-bond acceptors (Lipinski definition) is 21. The maximum atomic E-state index is 15.0. The van der Waals surface area contributed by atoms with Crippen molar-refractivity contribution < 1.29 is 86.3 Å². The van der Waals surface area contributed by atoms with Gasteiger partial charge in [0, 0.05) is 109 Å². The lowest BCUT2D eigenvalue weighted by atomic mass is 9.89. The number of methoxy groups -OCH3 is 2. The number of urea groups is 1. The number of para-hydroxylation sites is 1. The Bertz CT molecular complexity index is 4140. The van der Waals surface area contributed by atoms with Crippen LogP contribution >= 0.6 is 11.3 Å². The van der Waals surface area contributed by atoms with Gasteiger partial charge in [0.2, 0.25) is 53.2 Å². The first-order valence-corrected chi connectivity index (χ1v) is 42.6. The van der Waals surface area contributed by atoms with Crippen LogP contribution in [0.1, 0.15) is 154 Å². The van der Waals surface area contributed by atoms with Crippen molar-refractivity contribution in [1.82, 2.24) is 71.9 Å². The van der Waals surface area contributed by atoms with E-state index in [0.717, 1.165) is 27.2 Å². The number of ether oxygens (including phenoxy) is 5. The fourth-order valence-electron chi connectivity index (χ4n) is 14.9. The summed E-state index contributed by atoms with van der Waals surface area (Å²) in [6.45, 7) is 17.7. The second-order valence-electron chi connectivity index (χ2n) is 31.8. The van der Waals surface area contributed by atoms with Crippen LogP contribution in [0.3, 0.4) is 0 Å². The molecule has 6 rings (SSSR count). The van der Waals surface area contributed by atoms with Crippen LogP contribution in [-0.4, -0.2) is 249 Å². The fourth-order valence-corrected chi connectivity index (χ4v) is 15.6. The van der Waals surface area contributed by atoms with Crippen molar-refractivity contribution in [2.45, 2.75) is 213 Å². The number of anilines is 1. The fraction of sp³-hybridized carbons (Fsp3) is 0.593. The monoisotopic (exact) mass is 1710 g/mol. The Labute approximate surface area is 714 Å². The number of hydrogen-bond donors (Lipinski definition) is 11. The zero-order valence-electron chi connectivity index (χ0n) is 72.8. The first-order valence-electron chi connectivity index (χ1n) is 41.7. The smallest absolute Gasteiger partial charge is 0.410 e. The van der Waals surface area contributed by atoms with Crippen molar-refractivity contribution in [3.05, 3.63) is 118 Å². The molecule has 1 saturated heterocycles. The summed E-state index contributed by atoms with van der Waals surface area (Å²) >= 11 is 1.46. The number of thiazole rings is 1. The van der Waals surface area contributed by atoms with Crippen molar-refractivity contribution in [2.75, 3.05) is 93.8 Å². The molecule has 3 aromatic carbocycles. The van der Waals surface area contributed by atoms with E-state index in [1.54, 1.807) is 96.0 Å². The van der Waals surface area contributed by atoms with E-state index in [2.05, 4.69) is 59.0 Å². The number of nitrogens with zero attached hydrogens (tertiary/aromatic N) is 6. The summed E-state index contributed by atoms with van der Waals surface area (Å²) in [5, 5.41) is 37.3. The van der Waals surface area contributed by atoms with Gasteiger partial charge < -0.3 is 91.4 Å². The molecule has 0 aliphatic carbocycles. The number of aryl methyl sites for hydroxylation is 1. The van der Waals surface area contributed by atoms with E-state index in [4.69, 9.17) is 29.4 Å². The molecule has 0 radical (unpaired) electrons. The second-order valence-corrected chi connectivity index (χ2v) is 32.7. The van der Waals surface area contributed by atoms with Crippen LogP contribution in [0.25, 0.3) is 10.9 Å². The number of likely N-dealkylation sites (N-methyl/N-ethyl adjacent to an activating group) is 2. The lowest BCUT2D eigenvalue weighted by molar-refractivity contribution is -0.148. The number of aliphatic carboxylic acids is 1. The molecule has 0 saturated carbocycles. The SMILES string of the molecule is CC[C@H](C)[C@@H]([C@@H](CC(=O)N1CCC[C@H]1[C@H](OC)[C@@H](C)C(=O)N[C@@H](Cc1ccccc1)c1nccs1)OC)N(C)C(=O)[C@@H](NC(=O)[C@H](C(C)C)N(C)C(=O)OCc1ccc(NC(=O)[C@H](CCCNC(N)=O)NC(=O)[C@@H](NC(=O)CCOCCOCCNC(=O)[C@H](CCC(=O)O)NC(=O)CCn2c(CN(C)NC)cc3ccccc32)C(C)C)cc1)C(C)C. The number of fused-ring (bicyclic) bond motifs is 1. The molecule has 1 aliphatic heterocycles. The Kier molecular flexibility index (Phi) is 41.9. The molecule has 121 heavy (non-hydrogen) atoms. The van der Waals surface area contributed by atoms with Gasteiger partial charge in [-0.05, 0) is 110 Å². The number of aromatic nitrogens is 2. The number of rotatable bonds is 53. The molecule has 2 aromatic heterocycles. The molecule has 12 amide bonds. The first kappa shape index (κ1) is 99.6. The lowest BCUT2D eigenvalue weighted by Gasteiger charge is -2.41. The van der Waals surface area contributed by atoms with Crippen LogP contribution in [-0.2, 0) is 97.7 Å². The van der Waals surface area contributed by atoms with Gasteiger partial charge in [0.1, 0.15) is 41.8 Å². The number of carboxylic acids is 1. The number of benzene rings is 3. The van der Waals surface area contributed by atoms with Crippen molar-refractivity contribution >= 4 is 99.2 Å². The van der Waals surface area contributed by atoms with E-state index >= 15 is 0 Å². The minimum Gasteiger partial charge on any atom is -0.481 e. The summed E-state index contributed by atoms with van der Waals surface area (Å²) in [6.07, 6.45) is 1.49. The number of nitrogens with one attached hydrogen (secondary N) is 9. The highest BCUT2D eigenvalue weighted by atomic mass is 32.1. The molecule has 12 atom stereocenters. The lowest BCUT2D eigenvalue weighted by Crippen LogP contribution is -2.60. The topological polar surface area (TPSA) is 436 Å². The Morgan fingerprint density at radius 2 is 1.34 bits per heavy atom. The number of carbonyl (C=O) groups excluding carboxylic acids is 11. The number of carboxylic acid groups (broad SMARTS) is 1. The molecule has 12 N–H and O–H groups in total. The molecule has 34 nitrogen and oxygen atoms in total. The van der Waals surface area contributed by atoms with E-state index < -0.39 is 138 Å². The summed E-state index contributed by atoms with van der Waals surface area (Å²) < 4.78 is 31.2. The number of hydrazine groups is 1. The summed E-state index contributed by atoms with van der Waals surface area (Å²) in [6, 6.07) is 18.3. The maximum absolute atomic E-state index is 15.0. The van der Waals surface area contributed by atoms with Crippen LogP contribution in [0.4, 0.5) is 15.3 Å². The van der Waals surface area contributed by atoms with Crippen molar-refractivity contribution in [2.24, 2.45) is 35.3 Å². The largest absolute Gasteiger partial charge is 0.481 e. The van der Waals surface area contributed by atoms with Gasteiger partial charge in [0.15, 0.2) is 0 Å². The summed E-state index contributed by atoms with van der Waals surface area (Å²) in [5.74, 6) is -7.55. The van der Waals surface area contributed by atoms with Gasteiger partial charge in [-0.1, -0.05) is 129 Å². The van der Waals surface area contributed by atoms with E-state index in [1.807, 2.05) is 104 Å². The van der Waals surface area contributed by atoms with Gasteiger partial charge >= 0.3 is 18.1 Å². The van der Waals surface area contributed by atoms with E-state index in [1.165, 1.54) is 30.4 Å². The molecular formula is C86H130N16O18S. The Morgan fingerprint density at radius 3 is 1.97 bits per heavy atom. The minimum absolute atomic E-state index is 0.0358. The molecule has 0 bridgehead atoms. The van der Waals surface area contributed by atoms with Gasteiger partial charge in [-0.3, -0.25) is 58.3 Å². The zero-order valence-corrected chi connectivity index (χ0v) is 73.6. The summed E-state index contributed by atoms with van der Waals surface area (Å²) in [5.41, 5.74) is 12.2. The molecule has 668 valence electrons. The molecule has 3 heterocycles. The standard InChI is InChI=1S/C86H130N16O18S/c1-16-56(8)76(68(116-14)50-71(105)102-41-23-29-67(102)77(117-15)57(9)78(108)95-65(83-90-40-47-121-83)48-58-24-18-17-19-25-58)99(12)84(113)74(54(4)5)97-82(112)75(55(6)7)100(13)86(115)120-52-59-30-32-61(33-31-59)92-80(110)63(27-22-38-91-85(87)114)94-81(111)73(53(2)3)96-70(104)37-43-118-45-46-119-44-39-89-79(109)64(34-35-72(106)107)93-69(103)36-42-101-62(51-98(11)88-10)49-60-26-20-21-28-66(60)101/h17-21,24-26,28,30-33,40,47,49,53-57,63-65,67-68,73-77,88H,16,22-23,27,29,34-39,41-46,48,50-52H2,1-15H3,(H,89,109)(H,92,110)(H,93,103)(H,94,111)(H,95,108)(H,96,104)(H,97,112)(H,106,107)(H3,87,91,114)/t56-,57+,63-,64-,65-,67-,68+,73-,74-,75-,76-,77+/m0/s1.